The smallest absolute Gasteiger partial charge is 0.270 e. The van der Waals surface area contributed by atoms with E-state index < -0.39 is 0 Å². The fourth-order valence-corrected chi connectivity index (χ4v) is 4.32. The number of aromatic nitrogens is 2. The van der Waals surface area contributed by atoms with Gasteiger partial charge in [-0.1, -0.05) is 6.07 Å². The third-order valence-electron chi connectivity index (χ3n) is 5.06. The molecule has 1 saturated heterocycles. The summed E-state index contributed by atoms with van der Waals surface area (Å²) in [5.41, 5.74) is 2.89. The molecule has 0 N–H and O–H groups in total. The number of fused-ring (bicyclic) bond motifs is 1. The number of rotatable bonds is 6. The Bertz CT molecular complexity index is 899. The van der Waals surface area contributed by atoms with Crippen molar-refractivity contribution in [3.8, 4) is 0 Å². The number of carbonyl (C=O) groups excluding carboxylic acids is 1. The number of aryl methyl sites for hydroxylation is 1. The molecule has 27 heavy (non-hydrogen) atoms. The van der Waals surface area contributed by atoms with Crippen LogP contribution in [0.2, 0.25) is 0 Å². The molecule has 3 aromatic heterocycles. The van der Waals surface area contributed by atoms with Crippen molar-refractivity contribution in [2.24, 2.45) is 7.05 Å². The molecule has 0 aromatic carbocycles. The van der Waals surface area contributed by atoms with E-state index >= 15 is 0 Å². The van der Waals surface area contributed by atoms with Crippen LogP contribution in [0, 0.1) is 0 Å². The van der Waals surface area contributed by atoms with Gasteiger partial charge in [-0.25, -0.2) is 0 Å². The molecule has 0 unspecified atom stereocenters. The Balaban J connectivity index is 1.54. The van der Waals surface area contributed by atoms with Crippen LogP contribution in [-0.2, 0) is 18.3 Å². The van der Waals surface area contributed by atoms with E-state index in [1.54, 1.807) is 17.5 Å². The summed E-state index contributed by atoms with van der Waals surface area (Å²) < 4.78 is 8.57. The molecule has 4 heterocycles. The van der Waals surface area contributed by atoms with Crippen LogP contribution in [0.3, 0.4) is 0 Å². The number of ether oxygens (including phenoxy) is 1. The highest BCUT2D eigenvalue weighted by Crippen LogP contribution is 2.25. The predicted octanol–water partition coefficient (Wildman–Crippen LogP) is 2.61. The van der Waals surface area contributed by atoms with Crippen molar-refractivity contribution >= 4 is 27.5 Å². The Hall–Kier alpha value is -2.22. The maximum absolute atomic E-state index is 13.4. The van der Waals surface area contributed by atoms with Gasteiger partial charge in [0.15, 0.2) is 0 Å². The summed E-state index contributed by atoms with van der Waals surface area (Å²) in [6, 6.07) is 8.01. The number of morpholine rings is 1. The van der Waals surface area contributed by atoms with E-state index in [-0.39, 0.29) is 5.91 Å². The van der Waals surface area contributed by atoms with Crippen molar-refractivity contribution in [1.29, 1.82) is 0 Å². The standard InChI is InChI=1S/C20H24N4O2S/c1-22-17-4-12-27-19(17)13-18(22)20(25)24(15-16-3-2-5-21-14-16)7-6-23-8-10-26-11-9-23/h2-5,12-14H,6-11,15H2,1H3. The molecule has 1 amide bonds. The number of thiophene rings is 1. The Morgan fingerprint density at radius 3 is 2.93 bits per heavy atom. The molecule has 0 spiro atoms. The van der Waals surface area contributed by atoms with Gasteiger partial charge in [-0.3, -0.25) is 14.7 Å². The van der Waals surface area contributed by atoms with Gasteiger partial charge in [0.1, 0.15) is 5.69 Å². The Morgan fingerprint density at radius 1 is 1.33 bits per heavy atom. The van der Waals surface area contributed by atoms with Gasteiger partial charge >= 0.3 is 0 Å². The minimum absolute atomic E-state index is 0.0676. The summed E-state index contributed by atoms with van der Waals surface area (Å²) in [6.45, 7) is 5.50. The van der Waals surface area contributed by atoms with Crippen LogP contribution in [0.15, 0.2) is 42.0 Å². The van der Waals surface area contributed by atoms with Gasteiger partial charge in [-0.2, -0.15) is 0 Å². The van der Waals surface area contributed by atoms with Crippen LogP contribution >= 0.6 is 11.3 Å². The molecule has 0 bridgehead atoms. The highest BCUT2D eigenvalue weighted by molar-refractivity contribution is 7.17. The van der Waals surface area contributed by atoms with Crippen molar-refractivity contribution in [2.45, 2.75) is 6.54 Å². The van der Waals surface area contributed by atoms with Crippen LogP contribution in [-0.4, -0.2) is 64.7 Å². The lowest BCUT2D eigenvalue weighted by Gasteiger charge is -2.30. The molecule has 1 aliphatic rings. The van der Waals surface area contributed by atoms with Gasteiger partial charge in [0.2, 0.25) is 0 Å². The van der Waals surface area contributed by atoms with Gasteiger partial charge in [-0.05, 0) is 29.1 Å². The van der Waals surface area contributed by atoms with E-state index in [9.17, 15) is 4.79 Å². The average Bonchev–Trinajstić information content (AvgIpc) is 3.29. The number of nitrogens with zero attached hydrogens (tertiary/aromatic N) is 4. The van der Waals surface area contributed by atoms with Gasteiger partial charge in [0.25, 0.3) is 5.91 Å². The first-order valence-corrected chi connectivity index (χ1v) is 10.1. The number of carbonyl (C=O) groups is 1. The maximum Gasteiger partial charge on any atom is 0.270 e. The summed E-state index contributed by atoms with van der Waals surface area (Å²) in [5.74, 6) is 0.0676. The summed E-state index contributed by atoms with van der Waals surface area (Å²) in [6.07, 6.45) is 3.59. The fourth-order valence-electron chi connectivity index (χ4n) is 3.47. The minimum atomic E-state index is 0.0676. The lowest BCUT2D eigenvalue weighted by Crippen LogP contribution is -2.43. The molecule has 0 aliphatic carbocycles. The summed E-state index contributed by atoms with van der Waals surface area (Å²) >= 11 is 1.67. The van der Waals surface area contributed by atoms with Gasteiger partial charge in [0, 0.05) is 52.2 Å². The van der Waals surface area contributed by atoms with Crippen LogP contribution in [0.5, 0.6) is 0 Å². The Labute approximate surface area is 163 Å². The molecule has 142 valence electrons. The Morgan fingerprint density at radius 2 is 2.19 bits per heavy atom. The number of hydrogen-bond acceptors (Lipinski definition) is 5. The van der Waals surface area contributed by atoms with E-state index in [1.807, 2.05) is 40.9 Å². The van der Waals surface area contributed by atoms with E-state index in [2.05, 4.69) is 21.3 Å². The van der Waals surface area contributed by atoms with Crippen LogP contribution in [0.25, 0.3) is 10.2 Å². The summed E-state index contributed by atoms with van der Waals surface area (Å²) in [4.78, 5) is 21.8. The van der Waals surface area contributed by atoms with E-state index in [0.717, 1.165) is 54.3 Å². The first kappa shape index (κ1) is 18.2. The second kappa shape index (κ2) is 8.21. The van der Waals surface area contributed by atoms with Crippen molar-refractivity contribution in [3.63, 3.8) is 0 Å². The van der Waals surface area contributed by atoms with Crippen LogP contribution in [0.4, 0.5) is 0 Å². The van der Waals surface area contributed by atoms with Crippen molar-refractivity contribution < 1.29 is 9.53 Å². The first-order chi connectivity index (χ1) is 13.2. The van der Waals surface area contributed by atoms with Gasteiger partial charge in [0.05, 0.1) is 23.4 Å². The van der Waals surface area contributed by atoms with E-state index in [4.69, 9.17) is 4.74 Å². The van der Waals surface area contributed by atoms with Gasteiger partial charge in [-0.15, -0.1) is 11.3 Å². The molecule has 1 aliphatic heterocycles. The zero-order chi connectivity index (χ0) is 18.6. The van der Waals surface area contributed by atoms with Crippen molar-refractivity contribution in [1.82, 2.24) is 19.4 Å². The molecule has 0 radical (unpaired) electrons. The molecule has 3 aromatic rings. The second-order valence-corrected chi connectivity index (χ2v) is 7.75. The quantitative estimate of drug-likeness (QED) is 0.656. The molecule has 1 fully saturated rings. The van der Waals surface area contributed by atoms with Crippen molar-refractivity contribution in [3.05, 3.63) is 53.3 Å². The van der Waals surface area contributed by atoms with Crippen LogP contribution < -0.4 is 0 Å². The van der Waals surface area contributed by atoms with Crippen LogP contribution in [0.1, 0.15) is 16.1 Å². The number of hydrogen-bond donors (Lipinski definition) is 0. The zero-order valence-electron chi connectivity index (χ0n) is 15.5. The monoisotopic (exact) mass is 384 g/mol. The highest BCUT2D eigenvalue weighted by atomic mass is 32.1. The van der Waals surface area contributed by atoms with Crippen molar-refractivity contribution in [2.75, 3.05) is 39.4 Å². The Kier molecular flexibility index (Phi) is 5.52. The molecule has 4 rings (SSSR count). The number of amides is 1. The van der Waals surface area contributed by atoms with Gasteiger partial charge < -0.3 is 14.2 Å². The zero-order valence-corrected chi connectivity index (χ0v) is 16.3. The first-order valence-electron chi connectivity index (χ1n) is 9.23. The third kappa shape index (κ3) is 4.05. The predicted molar refractivity (Wildman–Crippen MR) is 107 cm³/mol. The topological polar surface area (TPSA) is 50.6 Å². The molecule has 7 heteroatoms. The average molecular weight is 385 g/mol. The molecule has 0 saturated carbocycles. The second-order valence-electron chi connectivity index (χ2n) is 6.80. The lowest BCUT2D eigenvalue weighted by atomic mass is 10.2. The maximum atomic E-state index is 13.4. The van der Waals surface area contributed by atoms with E-state index in [0.29, 0.717) is 13.1 Å². The highest BCUT2D eigenvalue weighted by Gasteiger charge is 2.22. The minimum Gasteiger partial charge on any atom is -0.379 e. The SMILES string of the molecule is Cn1c(C(=O)N(CCN2CCOCC2)Cc2cccnc2)cc2sccc21. The molecule has 6 nitrogen and oxygen atoms in total. The lowest BCUT2D eigenvalue weighted by molar-refractivity contribution is 0.0319. The molecular formula is C20H24N4O2S. The largest absolute Gasteiger partial charge is 0.379 e. The summed E-state index contributed by atoms with van der Waals surface area (Å²) in [5, 5.41) is 2.06. The third-order valence-corrected chi connectivity index (χ3v) is 5.91. The number of pyridine rings is 1. The summed E-state index contributed by atoms with van der Waals surface area (Å²) in [7, 11) is 1.96. The normalized spacial score (nSPS) is 15.3. The fraction of sp³-hybridized carbons (Fsp3) is 0.400. The van der Waals surface area contributed by atoms with E-state index in [1.165, 1.54) is 0 Å². The molecular weight excluding hydrogens is 360 g/mol. The molecule has 0 atom stereocenters.